The largest absolute Gasteiger partial charge is 0.346 e. The molecule has 2 unspecified atom stereocenters. The number of ketones is 1. The van der Waals surface area contributed by atoms with Crippen LogP contribution in [0.15, 0.2) is 49.6 Å². The van der Waals surface area contributed by atoms with Crippen LogP contribution >= 0.6 is 0 Å². The van der Waals surface area contributed by atoms with Crippen LogP contribution in [-0.4, -0.2) is 71.7 Å². The molecule has 1 fully saturated rings. The van der Waals surface area contributed by atoms with Crippen LogP contribution in [0.3, 0.4) is 0 Å². The smallest absolute Gasteiger partial charge is 0.315 e. The summed E-state index contributed by atoms with van der Waals surface area (Å²) in [4.78, 5) is 67.1. The third-order valence-electron chi connectivity index (χ3n) is 7.86. The van der Waals surface area contributed by atoms with Crippen molar-refractivity contribution in [1.82, 2.24) is 26.2 Å². The predicted octanol–water partition coefficient (Wildman–Crippen LogP) is 3.60. The minimum atomic E-state index is -1.05. The van der Waals surface area contributed by atoms with Crippen LogP contribution < -0.4 is 21.3 Å². The van der Waals surface area contributed by atoms with E-state index < -0.39 is 41.8 Å². The van der Waals surface area contributed by atoms with Gasteiger partial charge in [-0.15, -0.1) is 13.2 Å². The summed E-state index contributed by atoms with van der Waals surface area (Å²) in [7, 11) is 0. The second kappa shape index (κ2) is 18.7. The maximum atomic E-state index is 14.1. The molecule has 44 heavy (non-hydrogen) atoms. The lowest BCUT2D eigenvalue weighted by molar-refractivity contribution is -0.143. The van der Waals surface area contributed by atoms with Gasteiger partial charge in [-0.3, -0.25) is 19.2 Å². The van der Waals surface area contributed by atoms with E-state index in [4.69, 9.17) is 0 Å². The standard InChI is InChI=1S/C31H43N5O5.C3H8/c1-5-8-14-24(27(37)29(39)32-16-6-2)34-28(38)25-15-11-17-36(25)30(40)26(35-31(41)33-20(4)7-3)23-18-21-12-9-10-13-22(21)19-23;1-3-2/h5-6,9-10,12-13,20,23-26H,1-2,7-8,11,14-19H2,3-4H3,(H,32,39)(H,34,38)(H2,33,35,41);3H2,1-2H3/t20?,24?,25-,26-;/m0./s1. The molecule has 242 valence electrons. The third kappa shape index (κ3) is 10.3. The molecule has 5 amide bonds. The first-order valence-corrected chi connectivity index (χ1v) is 15.9. The first kappa shape index (κ1) is 36.2. The first-order valence-electron chi connectivity index (χ1n) is 15.9. The van der Waals surface area contributed by atoms with Crippen molar-refractivity contribution in [2.24, 2.45) is 5.92 Å². The highest BCUT2D eigenvalue weighted by atomic mass is 16.2. The number of hydrogen-bond donors (Lipinski definition) is 4. The highest BCUT2D eigenvalue weighted by Crippen LogP contribution is 2.31. The Hall–Kier alpha value is -3.95. The summed E-state index contributed by atoms with van der Waals surface area (Å²) in [6.45, 7) is 15.8. The monoisotopic (exact) mass is 609 g/mol. The van der Waals surface area contributed by atoms with E-state index in [0.717, 1.165) is 17.5 Å². The predicted molar refractivity (Wildman–Crippen MR) is 173 cm³/mol. The number of urea groups is 1. The van der Waals surface area contributed by atoms with E-state index >= 15 is 0 Å². The number of Topliss-reactive ketones (excluding diaryl/α,β-unsaturated/α-hetero) is 1. The molecule has 1 aromatic carbocycles. The van der Waals surface area contributed by atoms with Crippen LogP contribution in [0.4, 0.5) is 4.79 Å². The van der Waals surface area contributed by atoms with Crippen LogP contribution in [-0.2, 0) is 32.0 Å². The number of amides is 5. The number of rotatable bonds is 14. The maximum Gasteiger partial charge on any atom is 0.315 e. The molecular weight excluding hydrogens is 558 g/mol. The van der Waals surface area contributed by atoms with Crippen molar-refractivity contribution >= 4 is 29.5 Å². The SMILES string of the molecule is C=CCCC(NC(=O)[C@@H]1CCCN1C(=O)[C@@H](NC(=O)NC(C)CC)C1Cc2ccccc2C1)C(=O)C(=O)NCC=C.CCC. The first-order chi connectivity index (χ1) is 21.1. The van der Waals surface area contributed by atoms with E-state index in [0.29, 0.717) is 38.6 Å². The Morgan fingerprint density at radius 1 is 0.977 bits per heavy atom. The molecule has 3 rings (SSSR count). The average molecular weight is 610 g/mol. The Bertz CT molecular complexity index is 1140. The van der Waals surface area contributed by atoms with Crippen LogP contribution in [0, 0.1) is 5.92 Å². The molecule has 1 aliphatic heterocycles. The molecule has 4 N–H and O–H groups in total. The zero-order valence-electron chi connectivity index (χ0n) is 26.8. The summed E-state index contributed by atoms with van der Waals surface area (Å²) >= 11 is 0. The van der Waals surface area contributed by atoms with Gasteiger partial charge in [0.15, 0.2) is 0 Å². The minimum Gasteiger partial charge on any atom is -0.346 e. The molecule has 0 spiro atoms. The molecule has 1 aliphatic carbocycles. The van der Waals surface area contributed by atoms with Crippen molar-refractivity contribution in [3.63, 3.8) is 0 Å². The fourth-order valence-corrected chi connectivity index (χ4v) is 5.43. The lowest BCUT2D eigenvalue weighted by atomic mass is 9.94. The lowest BCUT2D eigenvalue weighted by Gasteiger charge is -2.32. The lowest BCUT2D eigenvalue weighted by Crippen LogP contribution is -2.59. The van der Waals surface area contributed by atoms with Crippen LogP contribution in [0.2, 0.25) is 0 Å². The number of likely N-dealkylation sites (tertiary alicyclic amines) is 1. The molecule has 4 atom stereocenters. The van der Waals surface area contributed by atoms with E-state index in [2.05, 4.69) is 48.3 Å². The van der Waals surface area contributed by atoms with Gasteiger partial charge in [-0.05, 0) is 68.9 Å². The number of benzene rings is 1. The van der Waals surface area contributed by atoms with Crippen molar-refractivity contribution in [1.29, 1.82) is 0 Å². The van der Waals surface area contributed by atoms with Gasteiger partial charge in [0.2, 0.25) is 17.6 Å². The molecule has 0 aromatic heterocycles. The van der Waals surface area contributed by atoms with Gasteiger partial charge in [0.25, 0.3) is 5.91 Å². The minimum absolute atomic E-state index is 0.0643. The molecule has 10 heteroatoms. The van der Waals surface area contributed by atoms with E-state index in [9.17, 15) is 24.0 Å². The van der Waals surface area contributed by atoms with Gasteiger partial charge in [0, 0.05) is 19.1 Å². The number of carbonyl (C=O) groups is 5. The molecule has 0 saturated carbocycles. The quantitative estimate of drug-likeness (QED) is 0.189. The van der Waals surface area contributed by atoms with Crippen molar-refractivity contribution in [3.8, 4) is 0 Å². The van der Waals surface area contributed by atoms with Gasteiger partial charge in [0.05, 0.1) is 6.04 Å². The Balaban J connectivity index is 0.00000216. The van der Waals surface area contributed by atoms with Crippen molar-refractivity contribution in [3.05, 3.63) is 60.7 Å². The summed E-state index contributed by atoms with van der Waals surface area (Å²) in [6, 6.07) is 4.81. The molecule has 1 aromatic rings. The van der Waals surface area contributed by atoms with Gasteiger partial charge < -0.3 is 26.2 Å². The maximum absolute atomic E-state index is 14.1. The molecule has 0 bridgehead atoms. The Morgan fingerprint density at radius 2 is 1.61 bits per heavy atom. The molecular formula is C34H51N5O5. The van der Waals surface area contributed by atoms with Gasteiger partial charge in [0.1, 0.15) is 12.1 Å². The number of nitrogens with zero attached hydrogens (tertiary/aromatic N) is 1. The molecule has 0 radical (unpaired) electrons. The van der Waals surface area contributed by atoms with E-state index in [1.54, 1.807) is 6.08 Å². The van der Waals surface area contributed by atoms with Crippen LogP contribution in [0.5, 0.6) is 0 Å². The van der Waals surface area contributed by atoms with Crippen molar-refractivity contribution < 1.29 is 24.0 Å². The van der Waals surface area contributed by atoms with Gasteiger partial charge in [-0.25, -0.2) is 4.79 Å². The number of hydrogen-bond acceptors (Lipinski definition) is 5. The summed E-state index contributed by atoms with van der Waals surface area (Å²) in [5, 5.41) is 11.0. The fourth-order valence-electron chi connectivity index (χ4n) is 5.43. The van der Waals surface area contributed by atoms with Crippen molar-refractivity contribution in [2.75, 3.05) is 13.1 Å². The highest BCUT2D eigenvalue weighted by Gasteiger charge is 2.42. The Labute approximate surface area is 262 Å². The summed E-state index contributed by atoms with van der Waals surface area (Å²) in [5.41, 5.74) is 2.29. The highest BCUT2D eigenvalue weighted by molar-refractivity contribution is 6.38. The zero-order valence-corrected chi connectivity index (χ0v) is 26.8. The van der Waals surface area contributed by atoms with Gasteiger partial charge >= 0.3 is 6.03 Å². The third-order valence-corrected chi connectivity index (χ3v) is 7.86. The summed E-state index contributed by atoms with van der Waals surface area (Å²) in [6.07, 6.45) is 7.98. The van der Waals surface area contributed by atoms with Crippen molar-refractivity contribution in [2.45, 2.75) is 103 Å². The van der Waals surface area contributed by atoms with E-state index in [1.165, 1.54) is 17.4 Å². The zero-order chi connectivity index (χ0) is 32.6. The number of carbonyl (C=O) groups excluding carboxylic acids is 5. The second-order valence-electron chi connectivity index (χ2n) is 11.5. The topological polar surface area (TPSA) is 137 Å². The number of nitrogens with one attached hydrogen (secondary N) is 4. The van der Waals surface area contributed by atoms with E-state index in [1.807, 2.05) is 38.1 Å². The molecule has 1 heterocycles. The Kier molecular flexibility index (Phi) is 15.4. The molecule has 2 aliphatic rings. The van der Waals surface area contributed by atoms with E-state index in [-0.39, 0.29) is 30.8 Å². The van der Waals surface area contributed by atoms with Gasteiger partial charge in [-0.2, -0.15) is 0 Å². The molecule has 1 saturated heterocycles. The van der Waals surface area contributed by atoms with Gasteiger partial charge in [-0.1, -0.05) is 63.6 Å². The molecule has 10 nitrogen and oxygen atoms in total. The second-order valence-corrected chi connectivity index (χ2v) is 11.5. The summed E-state index contributed by atoms with van der Waals surface area (Å²) in [5.74, 6) is -2.55. The number of fused-ring (bicyclic) bond motifs is 1. The average Bonchev–Trinajstić information content (AvgIpc) is 3.68. The van der Waals surface area contributed by atoms with Crippen LogP contribution in [0.1, 0.15) is 77.3 Å². The Morgan fingerprint density at radius 3 is 2.18 bits per heavy atom. The normalized spacial score (nSPS) is 17.5. The number of allylic oxidation sites excluding steroid dienone is 1. The van der Waals surface area contributed by atoms with Crippen LogP contribution in [0.25, 0.3) is 0 Å². The summed E-state index contributed by atoms with van der Waals surface area (Å²) < 4.78 is 0. The fraction of sp³-hybridized carbons (Fsp3) is 0.559.